The molecule has 4 rings (SSSR count). The monoisotopic (exact) mass is 486 g/mol. The summed E-state index contributed by atoms with van der Waals surface area (Å²) in [6.07, 6.45) is 10.9. The van der Waals surface area contributed by atoms with E-state index in [4.69, 9.17) is 9.47 Å². The maximum Gasteiger partial charge on any atom is 0.163 e. The number of unbranched alkanes of at least 4 members (excludes halogenated alkanes) is 3. The molecule has 0 heterocycles. The van der Waals surface area contributed by atoms with E-state index in [9.17, 15) is 9.90 Å². The van der Waals surface area contributed by atoms with Crippen molar-refractivity contribution in [3.8, 4) is 28.4 Å². The summed E-state index contributed by atoms with van der Waals surface area (Å²) in [5.74, 6) is 2.06. The van der Waals surface area contributed by atoms with Crippen molar-refractivity contribution < 1.29 is 19.4 Å². The van der Waals surface area contributed by atoms with E-state index in [1.54, 1.807) is 12.1 Å². The number of hydrogen-bond donors (Lipinski definition) is 1. The van der Waals surface area contributed by atoms with Gasteiger partial charge in [0.25, 0.3) is 0 Å². The lowest BCUT2D eigenvalue weighted by molar-refractivity contribution is 0.101. The van der Waals surface area contributed by atoms with Gasteiger partial charge in [-0.15, -0.1) is 0 Å². The second-order valence-corrected chi connectivity index (χ2v) is 9.83. The lowest BCUT2D eigenvalue weighted by atomic mass is 9.84. The quantitative estimate of drug-likeness (QED) is 0.206. The van der Waals surface area contributed by atoms with Gasteiger partial charge in [0.05, 0.1) is 18.8 Å². The zero-order valence-corrected chi connectivity index (χ0v) is 21.4. The molecular formula is C32H38O4. The van der Waals surface area contributed by atoms with Crippen molar-refractivity contribution in [2.45, 2.75) is 70.6 Å². The first-order valence-corrected chi connectivity index (χ1v) is 13.4. The summed E-state index contributed by atoms with van der Waals surface area (Å²) >= 11 is 0. The van der Waals surface area contributed by atoms with Crippen LogP contribution in [0.4, 0.5) is 0 Å². The molecular weight excluding hydrogens is 448 g/mol. The van der Waals surface area contributed by atoms with Gasteiger partial charge in [0.1, 0.15) is 17.2 Å². The van der Waals surface area contributed by atoms with E-state index in [1.807, 2.05) is 0 Å². The van der Waals surface area contributed by atoms with Crippen LogP contribution in [-0.2, 0) is 0 Å². The van der Waals surface area contributed by atoms with Gasteiger partial charge in [-0.3, -0.25) is 4.79 Å². The van der Waals surface area contributed by atoms with Crippen molar-refractivity contribution in [1.29, 1.82) is 0 Å². The van der Waals surface area contributed by atoms with Crippen LogP contribution >= 0.6 is 0 Å². The van der Waals surface area contributed by atoms with E-state index in [-0.39, 0.29) is 11.5 Å². The standard InChI is InChI=1S/C32H38O4/c1-24(33)31-20-19-30(23-32(31)34)36-22-8-3-2-7-21-35-29-17-15-28(16-18-29)27-13-11-26(12-14-27)25-9-5-4-6-10-25/h11-20,23,25,34H,2-10,21-22H2,1H3. The van der Waals surface area contributed by atoms with Gasteiger partial charge >= 0.3 is 0 Å². The summed E-state index contributed by atoms with van der Waals surface area (Å²) in [7, 11) is 0. The van der Waals surface area contributed by atoms with E-state index in [2.05, 4.69) is 48.5 Å². The zero-order chi connectivity index (χ0) is 25.2. The van der Waals surface area contributed by atoms with E-state index in [0.717, 1.165) is 37.4 Å². The Hall–Kier alpha value is -3.27. The number of hydrogen-bond acceptors (Lipinski definition) is 4. The average molecular weight is 487 g/mol. The Kier molecular flexibility index (Phi) is 9.43. The van der Waals surface area contributed by atoms with Crippen LogP contribution in [0.3, 0.4) is 0 Å². The highest BCUT2D eigenvalue weighted by molar-refractivity contribution is 5.96. The third-order valence-corrected chi connectivity index (χ3v) is 7.10. The first-order chi connectivity index (χ1) is 17.6. The zero-order valence-electron chi connectivity index (χ0n) is 21.4. The molecule has 4 nitrogen and oxygen atoms in total. The molecule has 1 fully saturated rings. The van der Waals surface area contributed by atoms with E-state index >= 15 is 0 Å². The van der Waals surface area contributed by atoms with Crippen LogP contribution in [0.1, 0.15) is 86.6 Å². The Labute approximate surface area is 215 Å². The minimum Gasteiger partial charge on any atom is -0.507 e. The fourth-order valence-corrected chi connectivity index (χ4v) is 4.96. The summed E-state index contributed by atoms with van der Waals surface area (Å²) in [5.41, 5.74) is 4.29. The lowest BCUT2D eigenvalue weighted by Crippen LogP contribution is -2.04. The molecule has 0 aliphatic heterocycles. The molecule has 0 atom stereocenters. The summed E-state index contributed by atoms with van der Waals surface area (Å²) in [4.78, 5) is 11.4. The Morgan fingerprint density at radius 1 is 0.750 bits per heavy atom. The topological polar surface area (TPSA) is 55.8 Å². The lowest BCUT2D eigenvalue weighted by Gasteiger charge is -2.22. The van der Waals surface area contributed by atoms with Gasteiger partial charge in [-0.05, 0) is 92.3 Å². The van der Waals surface area contributed by atoms with Crippen LogP contribution in [0.25, 0.3) is 11.1 Å². The van der Waals surface area contributed by atoms with Gasteiger partial charge in [0.2, 0.25) is 0 Å². The smallest absolute Gasteiger partial charge is 0.163 e. The Morgan fingerprint density at radius 2 is 1.31 bits per heavy atom. The Balaban J connectivity index is 1.11. The highest BCUT2D eigenvalue weighted by Crippen LogP contribution is 2.33. The molecule has 1 saturated carbocycles. The Morgan fingerprint density at radius 3 is 1.89 bits per heavy atom. The molecule has 3 aromatic rings. The average Bonchev–Trinajstić information content (AvgIpc) is 2.91. The number of benzene rings is 3. The predicted octanol–water partition coefficient (Wildman–Crippen LogP) is 8.33. The molecule has 0 saturated heterocycles. The van der Waals surface area contributed by atoms with Crippen LogP contribution in [0.15, 0.2) is 66.7 Å². The second kappa shape index (κ2) is 13.2. The fourth-order valence-electron chi connectivity index (χ4n) is 4.96. The molecule has 1 aliphatic carbocycles. The van der Waals surface area contributed by atoms with Crippen molar-refractivity contribution in [3.63, 3.8) is 0 Å². The van der Waals surface area contributed by atoms with Gasteiger partial charge in [-0.25, -0.2) is 0 Å². The van der Waals surface area contributed by atoms with E-state index in [1.165, 1.54) is 61.8 Å². The third kappa shape index (κ3) is 7.36. The molecule has 0 spiro atoms. The van der Waals surface area contributed by atoms with E-state index in [0.29, 0.717) is 24.5 Å². The maximum atomic E-state index is 11.4. The maximum absolute atomic E-state index is 11.4. The molecule has 4 heteroatoms. The predicted molar refractivity (Wildman–Crippen MR) is 145 cm³/mol. The number of rotatable bonds is 12. The highest BCUT2D eigenvalue weighted by atomic mass is 16.5. The fraction of sp³-hybridized carbons (Fsp3) is 0.406. The SMILES string of the molecule is CC(=O)c1ccc(OCCCCCCOc2ccc(-c3ccc(C4CCCCC4)cc3)cc2)cc1O. The van der Waals surface area contributed by atoms with Crippen LogP contribution in [0, 0.1) is 0 Å². The molecule has 1 aliphatic rings. The van der Waals surface area contributed by atoms with Crippen molar-refractivity contribution in [1.82, 2.24) is 0 Å². The highest BCUT2D eigenvalue weighted by Gasteiger charge is 2.15. The van der Waals surface area contributed by atoms with Crippen LogP contribution in [-0.4, -0.2) is 24.1 Å². The van der Waals surface area contributed by atoms with Crippen molar-refractivity contribution in [2.24, 2.45) is 0 Å². The third-order valence-electron chi connectivity index (χ3n) is 7.10. The first kappa shape index (κ1) is 25.8. The molecule has 0 amide bonds. The minimum absolute atomic E-state index is 0.0299. The number of carbonyl (C=O) groups is 1. The van der Waals surface area contributed by atoms with Gasteiger partial charge < -0.3 is 14.6 Å². The van der Waals surface area contributed by atoms with Crippen molar-refractivity contribution in [2.75, 3.05) is 13.2 Å². The second-order valence-electron chi connectivity index (χ2n) is 9.83. The van der Waals surface area contributed by atoms with Crippen molar-refractivity contribution >= 4 is 5.78 Å². The van der Waals surface area contributed by atoms with Gasteiger partial charge in [0.15, 0.2) is 5.78 Å². The van der Waals surface area contributed by atoms with Crippen LogP contribution in [0.2, 0.25) is 0 Å². The summed E-state index contributed by atoms with van der Waals surface area (Å²) in [5, 5.41) is 9.87. The number of phenolic OH excluding ortho intramolecular Hbond substituents is 1. The summed E-state index contributed by atoms with van der Waals surface area (Å²) in [6, 6.07) is 22.4. The number of carbonyl (C=O) groups excluding carboxylic acids is 1. The molecule has 3 aromatic carbocycles. The molecule has 36 heavy (non-hydrogen) atoms. The van der Waals surface area contributed by atoms with Gasteiger partial charge in [-0.2, -0.15) is 0 Å². The van der Waals surface area contributed by atoms with Crippen LogP contribution < -0.4 is 9.47 Å². The molecule has 190 valence electrons. The molecule has 0 aromatic heterocycles. The number of phenols is 1. The molecule has 0 bridgehead atoms. The molecule has 1 N–H and O–H groups in total. The molecule has 0 unspecified atom stereocenters. The number of ether oxygens (including phenoxy) is 2. The minimum atomic E-state index is -0.156. The summed E-state index contributed by atoms with van der Waals surface area (Å²) in [6.45, 7) is 2.73. The van der Waals surface area contributed by atoms with Crippen LogP contribution in [0.5, 0.6) is 17.2 Å². The first-order valence-electron chi connectivity index (χ1n) is 13.4. The summed E-state index contributed by atoms with van der Waals surface area (Å²) < 4.78 is 11.6. The normalized spacial score (nSPS) is 13.9. The van der Waals surface area contributed by atoms with Gasteiger partial charge in [-0.1, -0.05) is 55.7 Å². The van der Waals surface area contributed by atoms with Crippen molar-refractivity contribution in [3.05, 3.63) is 77.9 Å². The van der Waals surface area contributed by atoms with Gasteiger partial charge in [0, 0.05) is 6.07 Å². The number of ketones is 1. The number of Topliss-reactive ketones (excluding diaryl/α,β-unsaturated/α-hetero) is 1. The molecule has 0 radical (unpaired) electrons. The van der Waals surface area contributed by atoms with E-state index < -0.39 is 0 Å². The Bertz CT molecular complexity index is 1100. The largest absolute Gasteiger partial charge is 0.507 e. The number of aromatic hydroxyl groups is 1.